The Balaban J connectivity index is 1.53. The first-order chi connectivity index (χ1) is 12.2. The van der Waals surface area contributed by atoms with Crippen LogP contribution in [-0.4, -0.2) is 22.4 Å². The first kappa shape index (κ1) is 15.6. The average Bonchev–Trinajstić information content (AvgIpc) is 2.65. The number of carbonyl (C=O) groups excluding carboxylic acids is 1. The van der Waals surface area contributed by atoms with Crippen LogP contribution in [0.3, 0.4) is 0 Å². The van der Waals surface area contributed by atoms with Gasteiger partial charge in [-0.3, -0.25) is 9.59 Å². The van der Waals surface area contributed by atoms with E-state index in [1.54, 1.807) is 0 Å². The van der Waals surface area contributed by atoms with E-state index in [0.29, 0.717) is 17.6 Å². The molecule has 0 saturated carbocycles. The number of aryl methyl sites for hydroxylation is 2. The number of nitrogens with one attached hydrogen (secondary N) is 1. The molecule has 0 fully saturated rings. The quantitative estimate of drug-likeness (QED) is 0.801. The molecule has 0 saturated heterocycles. The van der Waals surface area contributed by atoms with Crippen molar-refractivity contribution in [3.8, 4) is 0 Å². The number of anilines is 1. The van der Waals surface area contributed by atoms with Crippen molar-refractivity contribution in [1.29, 1.82) is 0 Å². The lowest BCUT2D eigenvalue weighted by Crippen LogP contribution is -2.35. The largest absolute Gasteiger partial charge is 0.319 e. The highest BCUT2D eigenvalue weighted by Crippen LogP contribution is 2.27. The highest BCUT2D eigenvalue weighted by Gasteiger charge is 2.22. The number of rotatable bonds is 3. The molecule has 2 aromatic carbocycles. The van der Waals surface area contributed by atoms with Gasteiger partial charge in [-0.05, 0) is 36.6 Å². The van der Waals surface area contributed by atoms with E-state index in [0.717, 1.165) is 30.6 Å². The molecule has 0 radical (unpaired) electrons. The number of carbonyl (C=O) groups is 1. The lowest BCUT2D eigenvalue weighted by atomic mass is 10.0. The predicted octanol–water partition coefficient (Wildman–Crippen LogP) is 2.84. The molecule has 1 N–H and O–H groups in total. The molecule has 0 bridgehead atoms. The van der Waals surface area contributed by atoms with E-state index in [1.807, 2.05) is 47.4 Å². The molecule has 1 amide bonds. The predicted molar refractivity (Wildman–Crippen MR) is 97.8 cm³/mol. The Labute approximate surface area is 145 Å². The van der Waals surface area contributed by atoms with Gasteiger partial charge in [0.1, 0.15) is 5.69 Å². The number of hydrogen-bond acceptors (Lipinski definition) is 3. The normalized spacial score (nSPS) is 13.7. The lowest BCUT2D eigenvalue weighted by molar-refractivity contribution is -0.118. The van der Waals surface area contributed by atoms with Crippen molar-refractivity contribution in [2.75, 3.05) is 11.4 Å². The van der Waals surface area contributed by atoms with E-state index >= 15 is 0 Å². The van der Waals surface area contributed by atoms with Crippen LogP contribution in [0.1, 0.15) is 24.1 Å². The van der Waals surface area contributed by atoms with Gasteiger partial charge in [-0.1, -0.05) is 30.3 Å². The zero-order valence-electron chi connectivity index (χ0n) is 13.9. The van der Waals surface area contributed by atoms with Crippen LogP contribution in [0.25, 0.3) is 11.0 Å². The minimum absolute atomic E-state index is 0.0431. The SMILES string of the molecule is O=C(CCc1nc2ccccc2[nH]c1=O)N1CCCc2ccccc21. The van der Waals surface area contributed by atoms with Crippen molar-refractivity contribution < 1.29 is 4.79 Å². The van der Waals surface area contributed by atoms with Crippen molar-refractivity contribution in [1.82, 2.24) is 9.97 Å². The van der Waals surface area contributed by atoms with Gasteiger partial charge in [0.2, 0.25) is 5.91 Å². The maximum atomic E-state index is 12.7. The van der Waals surface area contributed by atoms with E-state index < -0.39 is 0 Å². The molecule has 25 heavy (non-hydrogen) atoms. The van der Waals surface area contributed by atoms with Crippen molar-refractivity contribution >= 4 is 22.6 Å². The van der Waals surface area contributed by atoms with Gasteiger partial charge in [0, 0.05) is 25.1 Å². The first-order valence-corrected chi connectivity index (χ1v) is 8.58. The Morgan fingerprint density at radius 2 is 1.92 bits per heavy atom. The Bertz CT molecular complexity index is 993. The van der Waals surface area contributed by atoms with Gasteiger partial charge in [0.05, 0.1) is 11.0 Å². The second-order valence-electron chi connectivity index (χ2n) is 6.31. The number of H-pyrrole nitrogens is 1. The second-order valence-corrected chi connectivity index (χ2v) is 6.31. The Morgan fingerprint density at radius 3 is 2.84 bits per heavy atom. The van der Waals surface area contributed by atoms with Crippen LogP contribution in [0, 0.1) is 0 Å². The van der Waals surface area contributed by atoms with Gasteiger partial charge >= 0.3 is 0 Å². The summed E-state index contributed by atoms with van der Waals surface area (Å²) in [5.41, 5.74) is 3.87. The third-order valence-electron chi connectivity index (χ3n) is 4.66. The van der Waals surface area contributed by atoms with Crippen LogP contribution in [0.5, 0.6) is 0 Å². The number of amides is 1. The summed E-state index contributed by atoms with van der Waals surface area (Å²) < 4.78 is 0. The summed E-state index contributed by atoms with van der Waals surface area (Å²) in [7, 11) is 0. The minimum atomic E-state index is -0.217. The molecule has 0 spiro atoms. The van der Waals surface area contributed by atoms with Gasteiger partial charge in [0.25, 0.3) is 5.56 Å². The molecule has 1 aliphatic heterocycles. The molecule has 2 heterocycles. The topological polar surface area (TPSA) is 66.1 Å². The van der Waals surface area contributed by atoms with Gasteiger partial charge in [-0.25, -0.2) is 4.98 Å². The molecule has 5 nitrogen and oxygen atoms in total. The van der Waals surface area contributed by atoms with Crippen molar-refractivity contribution in [2.24, 2.45) is 0 Å². The second kappa shape index (κ2) is 6.51. The number of para-hydroxylation sites is 3. The Morgan fingerprint density at radius 1 is 1.12 bits per heavy atom. The number of nitrogens with zero attached hydrogens (tertiary/aromatic N) is 2. The summed E-state index contributed by atoms with van der Waals surface area (Å²) in [4.78, 5) is 34.0. The number of aromatic nitrogens is 2. The van der Waals surface area contributed by atoms with Crippen LogP contribution >= 0.6 is 0 Å². The van der Waals surface area contributed by atoms with Gasteiger partial charge in [-0.2, -0.15) is 0 Å². The first-order valence-electron chi connectivity index (χ1n) is 8.58. The fraction of sp³-hybridized carbons (Fsp3) is 0.250. The summed E-state index contributed by atoms with van der Waals surface area (Å²) in [5.74, 6) is 0.0431. The summed E-state index contributed by atoms with van der Waals surface area (Å²) in [6, 6.07) is 15.5. The van der Waals surface area contributed by atoms with E-state index in [-0.39, 0.29) is 17.9 Å². The minimum Gasteiger partial charge on any atom is -0.319 e. The molecule has 4 rings (SSSR count). The maximum Gasteiger partial charge on any atom is 0.270 e. The van der Waals surface area contributed by atoms with E-state index in [1.165, 1.54) is 5.56 Å². The summed E-state index contributed by atoms with van der Waals surface area (Å²) in [6.07, 6.45) is 2.60. The van der Waals surface area contributed by atoms with Crippen LogP contribution in [-0.2, 0) is 17.6 Å². The average molecular weight is 333 g/mol. The van der Waals surface area contributed by atoms with Crippen LogP contribution in [0.15, 0.2) is 53.3 Å². The third-order valence-corrected chi connectivity index (χ3v) is 4.66. The standard InChI is InChI=1S/C20H19N3O2/c24-19(23-13-5-7-14-6-1-4-10-18(14)23)12-11-17-20(25)22-16-9-3-2-8-15(16)21-17/h1-4,6,8-10H,5,7,11-13H2,(H,22,25). The molecule has 3 aromatic rings. The zero-order valence-corrected chi connectivity index (χ0v) is 13.9. The summed E-state index contributed by atoms with van der Waals surface area (Å²) >= 11 is 0. The molecule has 0 unspecified atom stereocenters. The van der Waals surface area contributed by atoms with Crippen LogP contribution in [0.2, 0.25) is 0 Å². The number of fused-ring (bicyclic) bond motifs is 2. The number of benzene rings is 2. The van der Waals surface area contributed by atoms with E-state index in [4.69, 9.17) is 0 Å². The van der Waals surface area contributed by atoms with E-state index in [2.05, 4.69) is 16.0 Å². The molecule has 1 aliphatic rings. The van der Waals surface area contributed by atoms with E-state index in [9.17, 15) is 9.59 Å². The summed E-state index contributed by atoms with van der Waals surface area (Å²) in [5, 5.41) is 0. The van der Waals surface area contributed by atoms with Gasteiger partial charge < -0.3 is 9.88 Å². The number of aromatic amines is 1. The smallest absolute Gasteiger partial charge is 0.270 e. The molecular formula is C20H19N3O2. The lowest BCUT2D eigenvalue weighted by Gasteiger charge is -2.29. The van der Waals surface area contributed by atoms with Crippen molar-refractivity contribution in [3.63, 3.8) is 0 Å². The Hall–Kier alpha value is -2.95. The molecule has 0 aliphatic carbocycles. The highest BCUT2D eigenvalue weighted by atomic mass is 16.2. The molecular weight excluding hydrogens is 314 g/mol. The maximum absolute atomic E-state index is 12.7. The van der Waals surface area contributed by atoms with Crippen LogP contribution in [0.4, 0.5) is 5.69 Å². The highest BCUT2D eigenvalue weighted by molar-refractivity contribution is 5.94. The molecule has 0 atom stereocenters. The third kappa shape index (κ3) is 3.05. The zero-order chi connectivity index (χ0) is 17.2. The number of hydrogen-bond donors (Lipinski definition) is 1. The fourth-order valence-electron chi connectivity index (χ4n) is 3.39. The van der Waals surface area contributed by atoms with Crippen LogP contribution < -0.4 is 10.5 Å². The molecule has 5 heteroatoms. The van der Waals surface area contributed by atoms with Crippen molar-refractivity contribution in [3.05, 3.63) is 70.1 Å². The monoisotopic (exact) mass is 333 g/mol. The van der Waals surface area contributed by atoms with Crippen molar-refractivity contribution in [2.45, 2.75) is 25.7 Å². The van der Waals surface area contributed by atoms with Gasteiger partial charge in [-0.15, -0.1) is 0 Å². The van der Waals surface area contributed by atoms with Gasteiger partial charge in [0.15, 0.2) is 0 Å². The molecule has 126 valence electrons. The summed E-state index contributed by atoms with van der Waals surface area (Å²) in [6.45, 7) is 0.733. The Kier molecular flexibility index (Phi) is 4.06. The fourth-order valence-corrected chi connectivity index (χ4v) is 3.39. The molecule has 1 aromatic heterocycles.